The highest BCUT2D eigenvalue weighted by molar-refractivity contribution is 7.83. The van der Waals surface area contributed by atoms with Crippen molar-refractivity contribution in [1.82, 2.24) is 9.13 Å². The second-order valence-corrected chi connectivity index (χ2v) is 10.2. The van der Waals surface area contributed by atoms with Gasteiger partial charge in [-0.3, -0.25) is 0 Å². The third kappa shape index (κ3) is 6.07. The molecule has 44 heavy (non-hydrogen) atoms. The van der Waals surface area contributed by atoms with Crippen LogP contribution < -0.4 is 0 Å². The van der Waals surface area contributed by atoms with E-state index < -0.39 is 107 Å². The number of aromatic nitrogens is 2. The average Bonchev–Trinajstić information content (AvgIpc) is 3.01. The number of thiol groups is 2. The number of alkyl halides is 21. The molecule has 260 valence electrons. The minimum Gasteiger partial charge on any atom is -0.311 e. The fourth-order valence-corrected chi connectivity index (χ4v) is 4.23. The van der Waals surface area contributed by atoms with E-state index in [-0.39, 0.29) is 9.13 Å². The molecule has 1 rings (SSSR count). The van der Waals surface area contributed by atoms with E-state index in [0.717, 1.165) is 0 Å². The van der Waals surface area contributed by atoms with Crippen LogP contribution in [0, 0.1) is 4.77 Å². The summed E-state index contributed by atoms with van der Waals surface area (Å²) in [6.07, 6.45) is -12.9. The van der Waals surface area contributed by atoms with Gasteiger partial charge in [0.2, 0.25) is 0 Å². The van der Waals surface area contributed by atoms with Crippen LogP contribution in [0.2, 0.25) is 0 Å². The van der Waals surface area contributed by atoms with Crippen LogP contribution in [0.5, 0.6) is 0 Å². The summed E-state index contributed by atoms with van der Waals surface area (Å²) in [5.74, 6) is -63.4. The molecule has 0 spiro atoms. The van der Waals surface area contributed by atoms with Crippen molar-refractivity contribution in [2.45, 2.75) is 102 Å². The summed E-state index contributed by atoms with van der Waals surface area (Å²) in [6, 6.07) is 0. The molecule has 1 aromatic rings. The first kappa shape index (κ1) is 40.7. The summed E-state index contributed by atoms with van der Waals surface area (Å²) in [7, 11) is 0. The van der Waals surface area contributed by atoms with Crippen molar-refractivity contribution in [2.75, 3.05) is 0 Å². The maximum atomic E-state index is 14.1. The van der Waals surface area contributed by atoms with Gasteiger partial charge in [0.25, 0.3) is 0 Å². The van der Waals surface area contributed by atoms with Crippen LogP contribution in [0.1, 0.15) is 19.8 Å². The zero-order valence-corrected chi connectivity index (χ0v) is 23.1. The van der Waals surface area contributed by atoms with Crippen molar-refractivity contribution >= 4 is 37.5 Å². The zero-order chi connectivity index (χ0) is 35.7. The Hall–Kier alpha value is -1.34. The van der Waals surface area contributed by atoms with Crippen LogP contribution >= 0.6 is 37.5 Å². The molecule has 0 atom stereocenters. The van der Waals surface area contributed by atoms with Gasteiger partial charge >= 0.3 is 59.5 Å². The highest BCUT2D eigenvalue weighted by Crippen LogP contribution is 2.59. The summed E-state index contributed by atoms with van der Waals surface area (Å²) in [4.78, 5) is 0. The van der Waals surface area contributed by atoms with E-state index in [1.807, 2.05) is 0 Å². The number of hydrogen-bond donors (Lipinski definition) is 2. The molecule has 1 aromatic heterocycles. The molecular formula is C18H13F21N2S3. The van der Waals surface area contributed by atoms with Gasteiger partial charge in [-0.25, -0.2) is 0 Å². The smallest absolute Gasteiger partial charge is 0.311 e. The van der Waals surface area contributed by atoms with Crippen LogP contribution in [0.25, 0.3) is 0 Å². The maximum absolute atomic E-state index is 14.1. The monoisotopic (exact) mass is 752 g/mol. The molecule has 1 heterocycles. The SMILES string of the molecule is CC(F)(F)C(F)(F)C(F)(F)C(F)(F)C(F)(F)CCn1c(S)c(S)n(CCC(F)(F)C(F)(F)C(F)(F)C(F)(F)C(F)(F)F)c1=S. The average molecular weight is 752 g/mol. The first-order chi connectivity index (χ1) is 18.9. The second-order valence-electron chi connectivity index (χ2n) is 8.97. The summed E-state index contributed by atoms with van der Waals surface area (Å²) in [5, 5.41) is -2.01. The molecule has 2 nitrogen and oxygen atoms in total. The molecule has 26 heteroatoms. The maximum Gasteiger partial charge on any atom is 0.460 e. The van der Waals surface area contributed by atoms with Crippen LogP contribution in [-0.4, -0.2) is 68.6 Å². The summed E-state index contributed by atoms with van der Waals surface area (Å²) in [5.41, 5.74) is 0. The Balaban J connectivity index is 3.38. The lowest BCUT2D eigenvalue weighted by molar-refractivity contribution is -0.422. The molecule has 0 saturated heterocycles. The molecule has 0 N–H and O–H groups in total. The lowest BCUT2D eigenvalue weighted by Gasteiger charge is -2.38. The van der Waals surface area contributed by atoms with Gasteiger partial charge in [-0.2, -0.15) is 92.2 Å². The standard InChI is InChI=1S/C18H13F21N2S3/c1-9(19,20)12(25,26)15(31,32)13(27,28)10(21,22)2-4-40-6(42)7(43)41(8(40)44)5-3-11(23,24)14(29,30)16(33,34)17(35,36)18(37,38)39/h42-43H,2-5H2,1H3. The van der Waals surface area contributed by atoms with Gasteiger partial charge in [-0.15, -0.1) is 25.3 Å². The van der Waals surface area contributed by atoms with Gasteiger partial charge < -0.3 is 9.13 Å². The van der Waals surface area contributed by atoms with Gasteiger partial charge in [0, 0.05) is 32.9 Å². The topological polar surface area (TPSA) is 9.86 Å². The summed E-state index contributed by atoms with van der Waals surface area (Å²) in [6.45, 7) is -4.72. The van der Waals surface area contributed by atoms with Gasteiger partial charge in [-0.1, -0.05) is 0 Å². The fraction of sp³-hybridized carbons (Fsp3) is 0.833. The van der Waals surface area contributed by atoms with E-state index in [2.05, 4.69) is 37.5 Å². The summed E-state index contributed by atoms with van der Waals surface area (Å²) >= 11 is 11.5. The first-order valence-corrected chi connectivity index (χ1v) is 11.9. The highest BCUT2D eigenvalue weighted by Gasteiger charge is 2.87. The molecule has 0 bridgehead atoms. The lowest BCUT2D eigenvalue weighted by atomic mass is 9.93. The summed E-state index contributed by atoms with van der Waals surface area (Å²) < 4.78 is 279. The van der Waals surface area contributed by atoms with Crippen LogP contribution in [0.3, 0.4) is 0 Å². The van der Waals surface area contributed by atoms with Gasteiger partial charge in [-0.05, 0) is 12.2 Å². The number of imidazole rings is 1. The largest absolute Gasteiger partial charge is 0.460 e. The molecular weight excluding hydrogens is 739 g/mol. The van der Waals surface area contributed by atoms with E-state index >= 15 is 0 Å². The van der Waals surface area contributed by atoms with E-state index in [0.29, 0.717) is 0 Å². The molecule has 0 fully saturated rings. The lowest BCUT2D eigenvalue weighted by Crippen LogP contribution is -2.66. The normalized spacial score (nSPS) is 15.7. The van der Waals surface area contributed by atoms with E-state index in [1.165, 1.54) is 0 Å². The molecule has 0 unspecified atom stereocenters. The van der Waals surface area contributed by atoms with Crippen molar-refractivity contribution in [3.8, 4) is 0 Å². The molecule has 0 amide bonds. The Morgan fingerprint density at radius 1 is 0.477 bits per heavy atom. The van der Waals surface area contributed by atoms with Crippen molar-refractivity contribution < 1.29 is 92.2 Å². The minimum absolute atomic E-state index is 0.0157. The number of halogens is 21. The molecule has 0 aliphatic heterocycles. The fourth-order valence-electron chi connectivity index (χ4n) is 3.10. The van der Waals surface area contributed by atoms with Gasteiger partial charge in [0.1, 0.15) is 10.1 Å². The minimum atomic E-state index is -7.77. The predicted octanol–water partition coefficient (Wildman–Crippen LogP) is 9.68. The Bertz CT molecular complexity index is 1160. The van der Waals surface area contributed by atoms with Crippen molar-refractivity contribution in [2.24, 2.45) is 0 Å². The second kappa shape index (κ2) is 11.4. The van der Waals surface area contributed by atoms with E-state index in [9.17, 15) is 92.2 Å². The molecule has 0 aliphatic rings. The Morgan fingerprint density at radius 3 is 1.00 bits per heavy atom. The van der Waals surface area contributed by atoms with Crippen molar-refractivity contribution in [3.05, 3.63) is 4.77 Å². The van der Waals surface area contributed by atoms with Crippen LogP contribution in [-0.2, 0) is 13.1 Å². The zero-order valence-electron chi connectivity index (χ0n) is 20.5. The quantitative estimate of drug-likeness (QED) is 0.116. The third-order valence-corrected chi connectivity index (χ3v) is 7.40. The Labute approximate surface area is 246 Å². The molecule has 0 aliphatic carbocycles. The molecule has 0 saturated carbocycles. The van der Waals surface area contributed by atoms with Crippen LogP contribution in [0.4, 0.5) is 92.2 Å². The predicted molar refractivity (Wildman–Crippen MR) is 113 cm³/mol. The third-order valence-electron chi connectivity index (χ3n) is 5.88. The highest BCUT2D eigenvalue weighted by atomic mass is 32.1. The van der Waals surface area contributed by atoms with E-state index in [1.54, 1.807) is 0 Å². The van der Waals surface area contributed by atoms with Crippen LogP contribution in [0.15, 0.2) is 10.1 Å². The molecule has 0 aromatic carbocycles. The molecule has 0 radical (unpaired) electrons. The van der Waals surface area contributed by atoms with Gasteiger partial charge in [0.15, 0.2) is 4.77 Å². The van der Waals surface area contributed by atoms with Crippen molar-refractivity contribution in [3.63, 3.8) is 0 Å². The van der Waals surface area contributed by atoms with Gasteiger partial charge in [0.05, 0.1) is 0 Å². The number of nitrogens with zero attached hydrogens (tertiary/aromatic N) is 2. The Morgan fingerprint density at radius 2 is 0.750 bits per heavy atom. The number of hydrogen-bond acceptors (Lipinski definition) is 3. The van der Waals surface area contributed by atoms with Crippen molar-refractivity contribution in [1.29, 1.82) is 0 Å². The first-order valence-electron chi connectivity index (χ1n) is 10.6. The number of rotatable bonds is 13. The Kier molecular flexibility index (Phi) is 10.6. The van der Waals surface area contributed by atoms with E-state index in [4.69, 9.17) is 0 Å².